The molecule has 6 heteroatoms. The molecule has 1 N–H and O–H groups in total. The minimum atomic E-state index is -0.490. The van der Waals surface area contributed by atoms with Gasteiger partial charge in [-0.1, -0.05) is 19.3 Å². The lowest BCUT2D eigenvalue weighted by Crippen LogP contribution is -2.32. The van der Waals surface area contributed by atoms with Gasteiger partial charge in [-0.15, -0.1) is 5.10 Å². The van der Waals surface area contributed by atoms with Crippen LogP contribution in [-0.2, 0) is 6.54 Å². The topological polar surface area (TPSA) is 72.4 Å². The molecular formula is C13H18N4O2. The van der Waals surface area contributed by atoms with Gasteiger partial charge in [-0.2, -0.15) is 0 Å². The number of nitrogens with zero attached hydrogens (tertiary/aromatic N) is 4. The molecule has 1 aliphatic rings. The van der Waals surface area contributed by atoms with Gasteiger partial charge in [-0.25, -0.2) is 13.9 Å². The van der Waals surface area contributed by atoms with E-state index in [0.717, 1.165) is 12.8 Å². The monoisotopic (exact) mass is 262 g/mol. The summed E-state index contributed by atoms with van der Waals surface area (Å²) < 4.78 is 2.79. The Bertz CT molecular complexity index is 612. The quantitative estimate of drug-likeness (QED) is 0.889. The molecule has 0 radical (unpaired) electrons. The first-order valence-corrected chi connectivity index (χ1v) is 6.83. The van der Waals surface area contributed by atoms with Crippen LogP contribution in [0.15, 0.2) is 23.4 Å². The highest BCUT2D eigenvalue weighted by Gasteiger charge is 2.23. The second kappa shape index (κ2) is 5.13. The van der Waals surface area contributed by atoms with Crippen LogP contribution in [0.2, 0.25) is 0 Å². The molecule has 19 heavy (non-hydrogen) atoms. The van der Waals surface area contributed by atoms with E-state index in [-0.39, 0.29) is 12.2 Å². The molecule has 2 aromatic rings. The highest BCUT2D eigenvalue weighted by Crippen LogP contribution is 2.26. The Labute approximate surface area is 110 Å². The van der Waals surface area contributed by atoms with Crippen molar-refractivity contribution in [3.63, 3.8) is 0 Å². The molecule has 1 fully saturated rings. The second-order valence-corrected chi connectivity index (χ2v) is 5.23. The fourth-order valence-corrected chi connectivity index (χ4v) is 2.84. The molecule has 2 heterocycles. The van der Waals surface area contributed by atoms with Crippen LogP contribution in [0.1, 0.15) is 32.1 Å². The fraction of sp³-hybridized carbons (Fsp3) is 0.615. The molecular weight excluding hydrogens is 244 g/mol. The molecule has 6 nitrogen and oxygen atoms in total. The Balaban J connectivity index is 1.81. The number of aliphatic hydroxyl groups is 1. The van der Waals surface area contributed by atoms with Crippen molar-refractivity contribution in [1.82, 2.24) is 19.2 Å². The van der Waals surface area contributed by atoms with Crippen LogP contribution in [0, 0.1) is 5.92 Å². The highest BCUT2D eigenvalue weighted by atomic mass is 16.3. The molecule has 1 unspecified atom stereocenters. The SMILES string of the molecule is O=c1n(CC(O)C2CCCCC2)nc2cnccn12. The Morgan fingerprint density at radius 2 is 2.16 bits per heavy atom. The largest absolute Gasteiger partial charge is 0.391 e. The molecule has 0 aromatic carbocycles. The summed E-state index contributed by atoms with van der Waals surface area (Å²) in [5.74, 6) is 0.295. The summed E-state index contributed by atoms with van der Waals surface area (Å²) in [6.45, 7) is 0.269. The van der Waals surface area contributed by atoms with Crippen LogP contribution in [0.25, 0.3) is 5.65 Å². The van der Waals surface area contributed by atoms with E-state index in [1.165, 1.54) is 28.3 Å². The van der Waals surface area contributed by atoms with E-state index in [0.29, 0.717) is 11.6 Å². The third kappa shape index (κ3) is 2.40. The lowest BCUT2D eigenvalue weighted by molar-refractivity contribution is 0.0656. The Morgan fingerprint density at radius 1 is 1.37 bits per heavy atom. The van der Waals surface area contributed by atoms with Gasteiger partial charge >= 0.3 is 5.69 Å². The fourth-order valence-electron chi connectivity index (χ4n) is 2.84. The second-order valence-electron chi connectivity index (χ2n) is 5.23. The molecule has 0 saturated heterocycles. The zero-order chi connectivity index (χ0) is 13.2. The lowest BCUT2D eigenvalue weighted by atomic mass is 9.85. The molecule has 3 rings (SSSR count). The van der Waals surface area contributed by atoms with Crippen molar-refractivity contribution in [2.24, 2.45) is 5.92 Å². The first kappa shape index (κ1) is 12.3. The lowest BCUT2D eigenvalue weighted by Gasteiger charge is -2.26. The summed E-state index contributed by atoms with van der Waals surface area (Å²) >= 11 is 0. The van der Waals surface area contributed by atoms with Gasteiger partial charge in [0.05, 0.1) is 18.8 Å². The van der Waals surface area contributed by atoms with Crippen LogP contribution in [-0.4, -0.2) is 30.4 Å². The summed E-state index contributed by atoms with van der Waals surface area (Å²) in [7, 11) is 0. The minimum absolute atomic E-state index is 0.216. The van der Waals surface area contributed by atoms with Crippen LogP contribution in [0.4, 0.5) is 0 Å². The van der Waals surface area contributed by atoms with Gasteiger partial charge in [-0.05, 0) is 18.8 Å². The molecule has 1 atom stereocenters. The number of hydrogen-bond acceptors (Lipinski definition) is 4. The average Bonchev–Trinajstić information content (AvgIpc) is 2.77. The molecule has 102 valence electrons. The summed E-state index contributed by atoms with van der Waals surface area (Å²) in [4.78, 5) is 16.0. The zero-order valence-corrected chi connectivity index (χ0v) is 10.8. The van der Waals surface area contributed by atoms with Crippen molar-refractivity contribution in [3.05, 3.63) is 29.1 Å². The van der Waals surface area contributed by atoms with Gasteiger partial charge in [0, 0.05) is 12.4 Å². The number of aromatic nitrogens is 4. The van der Waals surface area contributed by atoms with Crippen LogP contribution in [0.3, 0.4) is 0 Å². The maximum Gasteiger partial charge on any atom is 0.350 e. The Hall–Kier alpha value is -1.69. The van der Waals surface area contributed by atoms with Gasteiger partial charge in [0.2, 0.25) is 0 Å². The van der Waals surface area contributed by atoms with Crippen LogP contribution in [0.5, 0.6) is 0 Å². The summed E-state index contributed by atoms with van der Waals surface area (Å²) in [5, 5.41) is 14.4. The average molecular weight is 262 g/mol. The van der Waals surface area contributed by atoms with Crippen LogP contribution >= 0.6 is 0 Å². The van der Waals surface area contributed by atoms with Crippen molar-refractivity contribution in [2.45, 2.75) is 44.8 Å². The van der Waals surface area contributed by atoms with Crippen LogP contribution < -0.4 is 5.69 Å². The van der Waals surface area contributed by atoms with E-state index in [9.17, 15) is 9.90 Å². The maximum absolute atomic E-state index is 12.1. The van der Waals surface area contributed by atoms with E-state index in [1.807, 2.05) is 0 Å². The molecule has 0 spiro atoms. The third-order valence-corrected chi connectivity index (χ3v) is 3.94. The first-order chi connectivity index (χ1) is 9.25. The third-order valence-electron chi connectivity index (χ3n) is 3.94. The minimum Gasteiger partial charge on any atom is -0.391 e. The Kier molecular flexibility index (Phi) is 3.33. The van der Waals surface area contributed by atoms with Gasteiger partial charge < -0.3 is 5.11 Å². The normalized spacial score (nSPS) is 18.8. The van der Waals surface area contributed by atoms with Gasteiger partial charge in [0.15, 0.2) is 5.65 Å². The van der Waals surface area contributed by atoms with Gasteiger partial charge in [0.1, 0.15) is 0 Å². The van der Waals surface area contributed by atoms with Gasteiger partial charge in [0.25, 0.3) is 0 Å². The first-order valence-electron chi connectivity index (χ1n) is 6.83. The molecule has 2 aromatic heterocycles. The molecule has 1 aliphatic carbocycles. The predicted octanol–water partition coefficient (Wildman–Crippen LogP) is 0.832. The summed E-state index contributed by atoms with van der Waals surface area (Å²) in [5.41, 5.74) is 0.301. The number of rotatable bonds is 3. The van der Waals surface area contributed by atoms with E-state index in [1.54, 1.807) is 18.6 Å². The number of fused-ring (bicyclic) bond motifs is 1. The van der Waals surface area contributed by atoms with Crippen molar-refractivity contribution in [1.29, 1.82) is 0 Å². The van der Waals surface area contributed by atoms with Gasteiger partial charge in [-0.3, -0.25) is 4.98 Å². The maximum atomic E-state index is 12.1. The predicted molar refractivity (Wildman–Crippen MR) is 69.8 cm³/mol. The van der Waals surface area contributed by atoms with E-state index in [2.05, 4.69) is 10.1 Å². The van der Waals surface area contributed by atoms with Crippen molar-refractivity contribution >= 4 is 5.65 Å². The van der Waals surface area contributed by atoms with Crippen molar-refractivity contribution in [3.8, 4) is 0 Å². The van der Waals surface area contributed by atoms with E-state index in [4.69, 9.17) is 0 Å². The number of hydrogen-bond donors (Lipinski definition) is 1. The van der Waals surface area contributed by atoms with E-state index >= 15 is 0 Å². The summed E-state index contributed by atoms with van der Waals surface area (Å²) in [6, 6.07) is 0. The van der Waals surface area contributed by atoms with E-state index < -0.39 is 6.10 Å². The van der Waals surface area contributed by atoms with Crippen molar-refractivity contribution < 1.29 is 5.11 Å². The smallest absolute Gasteiger partial charge is 0.350 e. The molecule has 1 saturated carbocycles. The molecule has 0 amide bonds. The number of aliphatic hydroxyl groups excluding tert-OH is 1. The van der Waals surface area contributed by atoms with Crippen molar-refractivity contribution in [2.75, 3.05) is 0 Å². The highest BCUT2D eigenvalue weighted by molar-refractivity contribution is 5.31. The molecule has 0 bridgehead atoms. The molecule has 0 aliphatic heterocycles. The zero-order valence-electron chi connectivity index (χ0n) is 10.8. The Morgan fingerprint density at radius 3 is 2.89 bits per heavy atom. The summed E-state index contributed by atoms with van der Waals surface area (Å²) in [6.07, 6.45) is 9.89. The standard InChI is InChI=1S/C13H18N4O2/c18-11(10-4-2-1-3-5-10)9-17-13(19)16-7-6-14-8-12(16)15-17/h6-8,10-11,18H,1-5,9H2.